The molecule has 13 heavy (non-hydrogen) atoms. The number of allylic oxidation sites excluding steroid dienone is 1. The number of benzene rings is 1. The molecule has 0 unspecified atom stereocenters. The van der Waals surface area contributed by atoms with E-state index < -0.39 is 0 Å². The monoisotopic (exact) mass is 170 g/mol. The Morgan fingerprint density at radius 2 is 1.77 bits per heavy atom. The fourth-order valence-electron chi connectivity index (χ4n) is 1.81. The fraction of sp³-hybridized carbons (Fsp3) is 0.231. The molecule has 0 aliphatic heterocycles. The Labute approximate surface area is 78.9 Å². The van der Waals surface area contributed by atoms with E-state index in [2.05, 4.69) is 37.8 Å². The molecule has 0 heteroatoms. The van der Waals surface area contributed by atoms with E-state index in [-0.39, 0.29) is 0 Å². The van der Waals surface area contributed by atoms with Crippen molar-refractivity contribution in [3.05, 3.63) is 46.4 Å². The summed E-state index contributed by atoms with van der Waals surface area (Å²) >= 11 is 0. The first kappa shape index (κ1) is 8.31. The van der Waals surface area contributed by atoms with Crippen LogP contribution in [0.2, 0.25) is 0 Å². The molecule has 2 rings (SSSR count). The second-order valence-electron chi connectivity index (χ2n) is 3.44. The Morgan fingerprint density at radius 3 is 2.23 bits per heavy atom. The highest BCUT2D eigenvalue weighted by Gasteiger charge is 2.11. The van der Waals surface area contributed by atoms with Crippen molar-refractivity contribution >= 4 is 12.2 Å². The van der Waals surface area contributed by atoms with Gasteiger partial charge in [-0.2, -0.15) is 0 Å². The summed E-state index contributed by atoms with van der Waals surface area (Å²) in [5, 5.41) is 2.63. The summed E-state index contributed by atoms with van der Waals surface area (Å²) in [6.45, 7) is 5.82. The highest BCUT2D eigenvalue weighted by atomic mass is 14.2. The fourth-order valence-corrected chi connectivity index (χ4v) is 1.81. The normalized spacial score (nSPS) is 16.7. The summed E-state index contributed by atoms with van der Waals surface area (Å²) in [6, 6.07) is 4.59. The maximum absolute atomic E-state index is 3.73. The summed E-state index contributed by atoms with van der Waals surface area (Å²) in [5.41, 5.74) is 3.04. The van der Waals surface area contributed by atoms with Gasteiger partial charge in [-0.25, -0.2) is 0 Å². The second kappa shape index (κ2) is 3.21. The standard InChI is InChI=1S/C13H14/c1-3-5-11-9-13-7-6-12(13)8-10(11)4-2/h3-5,8-9H,1,6-7H2,2H3/b10-4-,11-5-. The van der Waals surface area contributed by atoms with E-state index in [1.54, 1.807) is 0 Å². The highest BCUT2D eigenvalue weighted by molar-refractivity contribution is 5.44. The van der Waals surface area contributed by atoms with Gasteiger partial charge in [-0.3, -0.25) is 0 Å². The molecular formula is C13H14. The van der Waals surface area contributed by atoms with Crippen LogP contribution in [-0.4, -0.2) is 0 Å². The van der Waals surface area contributed by atoms with Crippen LogP contribution in [0, 0.1) is 0 Å². The predicted molar refractivity (Wildman–Crippen MR) is 57.9 cm³/mol. The number of aryl methyl sites for hydroxylation is 2. The van der Waals surface area contributed by atoms with Gasteiger partial charge >= 0.3 is 0 Å². The van der Waals surface area contributed by atoms with Crippen LogP contribution < -0.4 is 10.4 Å². The smallest absolute Gasteiger partial charge is 0.0185 e. The molecule has 0 saturated carbocycles. The summed E-state index contributed by atoms with van der Waals surface area (Å²) in [7, 11) is 0. The zero-order chi connectivity index (χ0) is 9.26. The third-order valence-corrected chi connectivity index (χ3v) is 2.68. The molecule has 0 amide bonds. The SMILES string of the molecule is C=C/C=c1/cc2c(c/c1=C/C)CC2. The number of hydrogen-bond donors (Lipinski definition) is 0. The third-order valence-electron chi connectivity index (χ3n) is 2.68. The molecule has 1 aromatic rings. The van der Waals surface area contributed by atoms with Crippen LogP contribution in [0.1, 0.15) is 18.1 Å². The van der Waals surface area contributed by atoms with Crippen LogP contribution in [0.4, 0.5) is 0 Å². The van der Waals surface area contributed by atoms with Gasteiger partial charge in [0.15, 0.2) is 0 Å². The predicted octanol–water partition coefficient (Wildman–Crippen LogP) is 1.55. The lowest BCUT2D eigenvalue weighted by molar-refractivity contribution is 0.834. The third kappa shape index (κ3) is 1.33. The molecular weight excluding hydrogens is 156 g/mol. The Balaban J connectivity index is 2.75. The lowest BCUT2D eigenvalue weighted by Gasteiger charge is -2.18. The van der Waals surface area contributed by atoms with Gasteiger partial charge in [0.2, 0.25) is 0 Å². The Morgan fingerprint density at radius 1 is 1.15 bits per heavy atom. The molecule has 0 radical (unpaired) electrons. The van der Waals surface area contributed by atoms with Crippen molar-refractivity contribution in [1.29, 1.82) is 0 Å². The zero-order valence-corrected chi connectivity index (χ0v) is 8.01. The first-order valence-corrected chi connectivity index (χ1v) is 4.76. The first-order chi connectivity index (χ1) is 6.35. The van der Waals surface area contributed by atoms with Crippen molar-refractivity contribution < 1.29 is 0 Å². The van der Waals surface area contributed by atoms with Crippen molar-refractivity contribution in [3.63, 3.8) is 0 Å². The molecule has 0 fully saturated rings. The molecule has 0 bridgehead atoms. The quantitative estimate of drug-likeness (QED) is 0.600. The maximum Gasteiger partial charge on any atom is -0.0185 e. The van der Waals surface area contributed by atoms with Gasteiger partial charge < -0.3 is 0 Å². The largest absolute Gasteiger partial charge is 0.0990 e. The van der Waals surface area contributed by atoms with Crippen molar-refractivity contribution in [1.82, 2.24) is 0 Å². The Bertz CT molecular complexity index is 450. The lowest BCUT2D eigenvalue weighted by atomic mass is 9.87. The highest BCUT2D eigenvalue weighted by Crippen LogP contribution is 2.18. The summed E-state index contributed by atoms with van der Waals surface area (Å²) in [6.07, 6.45) is 8.59. The average Bonchev–Trinajstić information content (AvgIpc) is 2.11. The topological polar surface area (TPSA) is 0 Å². The molecule has 0 atom stereocenters. The van der Waals surface area contributed by atoms with Crippen LogP contribution in [0.5, 0.6) is 0 Å². The zero-order valence-electron chi connectivity index (χ0n) is 8.01. The van der Waals surface area contributed by atoms with Gasteiger partial charge in [0.05, 0.1) is 0 Å². The van der Waals surface area contributed by atoms with Crippen molar-refractivity contribution in [2.45, 2.75) is 19.8 Å². The van der Waals surface area contributed by atoms with Gasteiger partial charge in [0.1, 0.15) is 0 Å². The van der Waals surface area contributed by atoms with E-state index in [1.165, 1.54) is 34.4 Å². The van der Waals surface area contributed by atoms with E-state index >= 15 is 0 Å². The van der Waals surface area contributed by atoms with Gasteiger partial charge in [0.25, 0.3) is 0 Å². The minimum absolute atomic E-state index is 1.25. The molecule has 1 aliphatic carbocycles. The molecule has 1 aliphatic rings. The molecule has 0 spiro atoms. The lowest BCUT2D eigenvalue weighted by Crippen LogP contribution is -2.28. The van der Waals surface area contributed by atoms with Crippen LogP contribution in [0.25, 0.3) is 12.2 Å². The van der Waals surface area contributed by atoms with Gasteiger partial charge in [-0.1, -0.05) is 36.9 Å². The van der Waals surface area contributed by atoms with E-state index in [9.17, 15) is 0 Å². The Hall–Kier alpha value is -1.30. The van der Waals surface area contributed by atoms with E-state index in [0.29, 0.717) is 0 Å². The maximum atomic E-state index is 3.73. The molecule has 0 aromatic heterocycles. The van der Waals surface area contributed by atoms with E-state index in [1.807, 2.05) is 6.08 Å². The van der Waals surface area contributed by atoms with Gasteiger partial charge in [0, 0.05) is 0 Å². The van der Waals surface area contributed by atoms with Crippen LogP contribution in [-0.2, 0) is 12.8 Å². The van der Waals surface area contributed by atoms with E-state index in [4.69, 9.17) is 0 Å². The molecule has 66 valence electrons. The van der Waals surface area contributed by atoms with Crippen molar-refractivity contribution in [2.75, 3.05) is 0 Å². The number of hydrogen-bond acceptors (Lipinski definition) is 0. The minimum Gasteiger partial charge on any atom is -0.0990 e. The summed E-state index contributed by atoms with van der Waals surface area (Å²) in [5.74, 6) is 0. The van der Waals surface area contributed by atoms with Crippen molar-refractivity contribution in [3.8, 4) is 0 Å². The van der Waals surface area contributed by atoms with Crippen LogP contribution >= 0.6 is 0 Å². The summed E-state index contributed by atoms with van der Waals surface area (Å²) in [4.78, 5) is 0. The van der Waals surface area contributed by atoms with Crippen LogP contribution in [0.3, 0.4) is 0 Å². The Kier molecular flexibility index (Phi) is 2.05. The van der Waals surface area contributed by atoms with Crippen LogP contribution in [0.15, 0.2) is 24.8 Å². The number of fused-ring (bicyclic) bond motifs is 1. The molecule has 0 nitrogen and oxygen atoms in total. The molecule has 0 heterocycles. The van der Waals surface area contributed by atoms with E-state index in [0.717, 1.165) is 0 Å². The van der Waals surface area contributed by atoms with Gasteiger partial charge in [-0.05, 0) is 41.3 Å². The van der Waals surface area contributed by atoms with Gasteiger partial charge in [-0.15, -0.1) is 0 Å². The molecule has 0 saturated heterocycles. The summed E-state index contributed by atoms with van der Waals surface area (Å²) < 4.78 is 0. The van der Waals surface area contributed by atoms with Crippen molar-refractivity contribution in [2.24, 2.45) is 0 Å². The molecule has 0 N–H and O–H groups in total. The number of rotatable bonds is 1. The average molecular weight is 170 g/mol. The molecule has 1 aromatic carbocycles. The second-order valence-corrected chi connectivity index (χ2v) is 3.44. The minimum atomic E-state index is 1.25. The first-order valence-electron chi connectivity index (χ1n) is 4.76.